The zero-order chi connectivity index (χ0) is 19.8. The second-order valence-electron chi connectivity index (χ2n) is 8.04. The summed E-state index contributed by atoms with van der Waals surface area (Å²) >= 11 is 0. The van der Waals surface area contributed by atoms with Crippen LogP contribution in [-0.2, 0) is 4.79 Å². The van der Waals surface area contributed by atoms with Crippen LogP contribution in [0, 0.1) is 0 Å². The van der Waals surface area contributed by atoms with Crippen molar-refractivity contribution in [1.82, 2.24) is 0 Å². The minimum Gasteiger partial charge on any atom is -0.300 e. The molecule has 0 radical (unpaired) electrons. The van der Waals surface area contributed by atoms with Gasteiger partial charge in [-0.2, -0.15) is 0 Å². The van der Waals surface area contributed by atoms with Crippen LogP contribution >= 0.6 is 0 Å². The van der Waals surface area contributed by atoms with E-state index in [0.717, 1.165) is 32.1 Å². The molecule has 0 aromatic carbocycles. The molecule has 0 atom stereocenters. The van der Waals surface area contributed by atoms with Crippen LogP contribution in [-0.4, -0.2) is 5.78 Å². The Morgan fingerprint density at radius 2 is 0.926 bits per heavy atom. The lowest BCUT2D eigenvalue weighted by molar-refractivity contribution is -0.119. The van der Waals surface area contributed by atoms with E-state index in [1.807, 2.05) is 0 Å². The molecular weight excluding hydrogens is 328 g/mol. The first kappa shape index (κ1) is 26.1. The quantitative estimate of drug-likeness (QED) is 0.144. The highest BCUT2D eigenvalue weighted by Crippen LogP contribution is 2.11. The van der Waals surface area contributed by atoms with Crippen molar-refractivity contribution in [3.8, 4) is 0 Å². The Morgan fingerprint density at radius 1 is 0.519 bits per heavy atom. The van der Waals surface area contributed by atoms with E-state index >= 15 is 0 Å². The largest absolute Gasteiger partial charge is 0.300 e. The summed E-state index contributed by atoms with van der Waals surface area (Å²) in [5.74, 6) is 0.496. The number of allylic oxidation sites excluding steroid dienone is 4. The Bertz CT molecular complexity index is 353. The number of hydrogen-bond acceptors (Lipinski definition) is 1. The zero-order valence-electron chi connectivity index (χ0n) is 18.7. The SMILES string of the molecule is CCCCCC=CCC=CCCCCCCCC(=O)CCCCCCCC. The molecule has 0 spiro atoms. The topological polar surface area (TPSA) is 17.1 Å². The van der Waals surface area contributed by atoms with Gasteiger partial charge in [-0.1, -0.05) is 102 Å². The Morgan fingerprint density at radius 3 is 1.48 bits per heavy atom. The molecule has 1 heteroatoms. The smallest absolute Gasteiger partial charge is 0.132 e. The first-order chi connectivity index (χ1) is 13.3. The third-order valence-electron chi connectivity index (χ3n) is 5.22. The predicted molar refractivity (Wildman–Crippen MR) is 122 cm³/mol. The fourth-order valence-corrected chi connectivity index (χ4v) is 3.36. The van der Waals surface area contributed by atoms with E-state index < -0.39 is 0 Å². The normalized spacial score (nSPS) is 11.8. The van der Waals surface area contributed by atoms with Crippen LogP contribution in [0.1, 0.15) is 136 Å². The second kappa shape index (κ2) is 23.2. The van der Waals surface area contributed by atoms with Crippen LogP contribution in [0.4, 0.5) is 0 Å². The summed E-state index contributed by atoms with van der Waals surface area (Å²) in [6.07, 6.45) is 32.3. The third-order valence-corrected chi connectivity index (χ3v) is 5.22. The first-order valence-electron chi connectivity index (χ1n) is 12.1. The van der Waals surface area contributed by atoms with Gasteiger partial charge in [0, 0.05) is 12.8 Å². The molecule has 0 aromatic rings. The average molecular weight is 377 g/mol. The maximum atomic E-state index is 11.9. The number of unbranched alkanes of at least 4 members (excludes halogenated alkanes) is 13. The molecule has 0 rings (SSSR count). The number of ketones is 1. The minimum absolute atomic E-state index is 0.496. The molecule has 0 saturated heterocycles. The molecule has 0 heterocycles. The lowest BCUT2D eigenvalue weighted by Crippen LogP contribution is -1.97. The summed E-state index contributed by atoms with van der Waals surface area (Å²) < 4.78 is 0. The maximum absolute atomic E-state index is 11.9. The molecule has 0 bridgehead atoms. The van der Waals surface area contributed by atoms with Crippen molar-refractivity contribution >= 4 is 5.78 Å². The second-order valence-corrected chi connectivity index (χ2v) is 8.04. The number of carbonyl (C=O) groups is 1. The van der Waals surface area contributed by atoms with Crippen LogP contribution < -0.4 is 0 Å². The summed E-state index contributed by atoms with van der Waals surface area (Å²) in [6.45, 7) is 4.50. The van der Waals surface area contributed by atoms with Gasteiger partial charge in [0.15, 0.2) is 0 Å². The Hall–Kier alpha value is -0.850. The van der Waals surface area contributed by atoms with Gasteiger partial charge in [-0.05, 0) is 44.9 Å². The van der Waals surface area contributed by atoms with E-state index in [-0.39, 0.29) is 0 Å². The van der Waals surface area contributed by atoms with Crippen LogP contribution in [0.2, 0.25) is 0 Å². The van der Waals surface area contributed by atoms with Gasteiger partial charge >= 0.3 is 0 Å². The van der Waals surface area contributed by atoms with E-state index in [1.165, 1.54) is 89.9 Å². The van der Waals surface area contributed by atoms with Crippen molar-refractivity contribution in [2.75, 3.05) is 0 Å². The molecule has 158 valence electrons. The van der Waals surface area contributed by atoms with Gasteiger partial charge in [-0.25, -0.2) is 0 Å². The third kappa shape index (κ3) is 23.1. The van der Waals surface area contributed by atoms with Gasteiger partial charge in [-0.15, -0.1) is 0 Å². The summed E-state index contributed by atoms with van der Waals surface area (Å²) in [5, 5.41) is 0. The fraction of sp³-hybridized carbons (Fsp3) is 0.808. The van der Waals surface area contributed by atoms with E-state index in [0.29, 0.717) is 5.78 Å². The highest BCUT2D eigenvalue weighted by atomic mass is 16.1. The predicted octanol–water partition coefficient (Wildman–Crippen LogP) is 9.12. The van der Waals surface area contributed by atoms with Gasteiger partial charge in [0.25, 0.3) is 0 Å². The van der Waals surface area contributed by atoms with Gasteiger partial charge in [0.05, 0.1) is 0 Å². The van der Waals surface area contributed by atoms with Crippen molar-refractivity contribution in [3.63, 3.8) is 0 Å². The van der Waals surface area contributed by atoms with Crippen molar-refractivity contribution in [2.24, 2.45) is 0 Å². The summed E-state index contributed by atoms with van der Waals surface area (Å²) in [5.41, 5.74) is 0. The Labute approximate surface area is 171 Å². The molecule has 1 nitrogen and oxygen atoms in total. The molecule has 0 unspecified atom stereocenters. The van der Waals surface area contributed by atoms with Gasteiger partial charge in [-0.3, -0.25) is 4.79 Å². The highest BCUT2D eigenvalue weighted by molar-refractivity contribution is 5.78. The molecule has 0 N–H and O–H groups in total. The number of hydrogen-bond donors (Lipinski definition) is 0. The van der Waals surface area contributed by atoms with Crippen LogP contribution in [0.3, 0.4) is 0 Å². The van der Waals surface area contributed by atoms with E-state index in [1.54, 1.807) is 0 Å². The number of rotatable bonds is 21. The first-order valence-corrected chi connectivity index (χ1v) is 12.1. The fourth-order valence-electron chi connectivity index (χ4n) is 3.36. The summed E-state index contributed by atoms with van der Waals surface area (Å²) in [4.78, 5) is 11.9. The van der Waals surface area contributed by atoms with Crippen molar-refractivity contribution < 1.29 is 4.79 Å². The lowest BCUT2D eigenvalue weighted by atomic mass is 10.0. The van der Waals surface area contributed by atoms with Gasteiger partial charge < -0.3 is 0 Å². The van der Waals surface area contributed by atoms with Crippen molar-refractivity contribution in [1.29, 1.82) is 0 Å². The van der Waals surface area contributed by atoms with Gasteiger partial charge in [0.2, 0.25) is 0 Å². The highest BCUT2D eigenvalue weighted by Gasteiger charge is 2.01. The zero-order valence-corrected chi connectivity index (χ0v) is 18.7. The lowest BCUT2D eigenvalue weighted by Gasteiger charge is -2.02. The molecule has 0 saturated carbocycles. The number of carbonyl (C=O) groups excluding carboxylic acids is 1. The summed E-state index contributed by atoms with van der Waals surface area (Å²) in [7, 11) is 0. The Kier molecular flexibility index (Phi) is 22.5. The molecule has 0 aliphatic rings. The van der Waals surface area contributed by atoms with Crippen LogP contribution in [0.15, 0.2) is 24.3 Å². The van der Waals surface area contributed by atoms with Crippen LogP contribution in [0.25, 0.3) is 0 Å². The Balaban J connectivity index is 3.25. The van der Waals surface area contributed by atoms with E-state index in [2.05, 4.69) is 38.2 Å². The van der Waals surface area contributed by atoms with E-state index in [9.17, 15) is 4.79 Å². The minimum atomic E-state index is 0.496. The van der Waals surface area contributed by atoms with E-state index in [4.69, 9.17) is 0 Å². The molecule has 27 heavy (non-hydrogen) atoms. The van der Waals surface area contributed by atoms with Crippen LogP contribution in [0.5, 0.6) is 0 Å². The molecule has 0 aliphatic heterocycles. The molecular formula is C26H48O. The maximum Gasteiger partial charge on any atom is 0.132 e. The standard InChI is InChI=1S/C26H48O/c1-3-5-7-9-11-12-13-14-15-16-17-18-19-21-23-25-26(27)24-22-20-10-8-6-4-2/h11-12,14-15H,3-10,13,16-25H2,1-2H3. The van der Waals surface area contributed by atoms with Crippen molar-refractivity contribution in [2.45, 2.75) is 136 Å². The molecule has 0 aromatic heterocycles. The molecule has 0 aliphatic carbocycles. The molecule has 0 fully saturated rings. The summed E-state index contributed by atoms with van der Waals surface area (Å²) in [6, 6.07) is 0. The number of Topliss-reactive ketones (excluding diaryl/α,β-unsaturated/α-hetero) is 1. The average Bonchev–Trinajstić information content (AvgIpc) is 2.67. The molecule has 0 amide bonds. The van der Waals surface area contributed by atoms with Gasteiger partial charge in [0.1, 0.15) is 5.78 Å². The van der Waals surface area contributed by atoms with Crippen molar-refractivity contribution in [3.05, 3.63) is 24.3 Å². The monoisotopic (exact) mass is 376 g/mol.